The first-order valence-corrected chi connectivity index (χ1v) is 6.10. The van der Waals surface area contributed by atoms with Crippen LogP contribution in [0.5, 0.6) is 0 Å². The van der Waals surface area contributed by atoms with Crippen molar-refractivity contribution in [3.8, 4) is 0 Å². The molecule has 1 N–H and O–H groups in total. The maximum atomic E-state index is 12.4. The predicted molar refractivity (Wildman–Crippen MR) is 63.8 cm³/mol. The number of hydrogen-bond acceptors (Lipinski definition) is 3. The third-order valence-corrected chi connectivity index (χ3v) is 2.97. The lowest BCUT2D eigenvalue weighted by Crippen LogP contribution is -2.37. The molecule has 0 atom stereocenters. The molecule has 0 radical (unpaired) electrons. The standard InChI is InChI=1S/C12H19N3O2/c1-9(2)15-11(5-6-13-15)12(17)14(7-8-16)10-3-4-10/h5-6,9-10,16H,3-4,7-8H2,1-2H3. The summed E-state index contributed by atoms with van der Waals surface area (Å²) >= 11 is 0. The van der Waals surface area contributed by atoms with Gasteiger partial charge in [-0.15, -0.1) is 0 Å². The zero-order valence-corrected chi connectivity index (χ0v) is 10.3. The van der Waals surface area contributed by atoms with E-state index in [9.17, 15) is 4.79 Å². The molecular weight excluding hydrogens is 218 g/mol. The second-order valence-corrected chi connectivity index (χ2v) is 4.71. The Kier molecular flexibility index (Phi) is 3.47. The fraction of sp³-hybridized carbons (Fsp3) is 0.667. The van der Waals surface area contributed by atoms with Crippen LogP contribution < -0.4 is 0 Å². The van der Waals surface area contributed by atoms with Crippen molar-refractivity contribution in [2.75, 3.05) is 13.2 Å². The molecule has 1 aromatic heterocycles. The Balaban J connectivity index is 2.19. The summed E-state index contributed by atoms with van der Waals surface area (Å²) in [7, 11) is 0. The number of hydrogen-bond donors (Lipinski definition) is 1. The first-order valence-electron chi connectivity index (χ1n) is 6.10. The lowest BCUT2D eigenvalue weighted by molar-refractivity contribution is 0.0693. The van der Waals surface area contributed by atoms with Crippen LogP contribution in [-0.2, 0) is 0 Å². The van der Waals surface area contributed by atoms with Gasteiger partial charge in [0.25, 0.3) is 5.91 Å². The third kappa shape index (κ3) is 2.49. The van der Waals surface area contributed by atoms with Crippen molar-refractivity contribution >= 4 is 5.91 Å². The third-order valence-electron chi connectivity index (χ3n) is 2.97. The molecule has 0 aromatic carbocycles. The second-order valence-electron chi connectivity index (χ2n) is 4.71. The summed E-state index contributed by atoms with van der Waals surface area (Å²) in [6, 6.07) is 2.22. The van der Waals surface area contributed by atoms with E-state index in [2.05, 4.69) is 5.10 Å². The molecule has 1 heterocycles. The van der Waals surface area contributed by atoms with Gasteiger partial charge in [-0.3, -0.25) is 9.48 Å². The van der Waals surface area contributed by atoms with Crippen molar-refractivity contribution in [2.24, 2.45) is 0 Å². The van der Waals surface area contributed by atoms with Crippen LogP contribution in [0.1, 0.15) is 43.2 Å². The minimum Gasteiger partial charge on any atom is -0.395 e. The van der Waals surface area contributed by atoms with E-state index in [0.29, 0.717) is 18.3 Å². The van der Waals surface area contributed by atoms with Gasteiger partial charge in [0.2, 0.25) is 0 Å². The molecule has 17 heavy (non-hydrogen) atoms. The molecular formula is C12H19N3O2. The van der Waals surface area contributed by atoms with Crippen molar-refractivity contribution < 1.29 is 9.90 Å². The number of aliphatic hydroxyl groups excluding tert-OH is 1. The zero-order valence-electron chi connectivity index (χ0n) is 10.3. The molecule has 5 nitrogen and oxygen atoms in total. The highest BCUT2D eigenvalue weighted by molar-refractivity contribution is 5.93. The van der Waals surface area contributed by atoms with E-state index in [1.54, 1.807) is 21.8 Å². The topological polar surface area (TPSA) is 58.4 Å². The molecule has 0 saturated heterocycles. The van der Waals surface area contributed by atoms with Crippen molar-refractivity contribution in [1.29, 1.82) is 0 Å². The fourth-order valence-corrected chi connectivity index (χ4v) is 1.99. The highest BCUT2D eigenvalue weighted by Crippen LogP contribution is 2.28. The Bertz CT molecular complexity index is 396. The van der Waals surface area contributed by atoms with Crippen molar-refractivity contribution in [3.63, 3.8) is 0 Å². The first-order chi connectivity index (χ1) is 8.15. The largest absolute Gasteiger partial charge is 0.395 e. The monoisotopic (exact) mass is 237 g/mol. The molecule has 1 fully saturated rings. The molecule has 1 saturated carbocycles. The number of carbonyl (C=O) groups excluding carboxylic acids is 1. The molecule has 94 valence electrons. The van der Waals surface area contributed by atoms with Gasteiger partial charge in [-0.2, -0.15) is 5.10 Å². The maximum absolute atomic E-state index is 12.4. The van der Waals surface area contributed by atoms with Gasteiger partial charge in [-0.1, -0.05) is 0 Å². The van der Waals surface area contributed by atoms with Gasteiger partial charge in [0.15, 0.2) is 0 Å². The molecule has 1 aliphatic rings. The normalized spacial score (nSPS) is 15.3. The van der Waals surface area contributed by atoms with Crippen LogP contribution in [0.4, 0.5) is 0 Å². The Morgan fingerprint density at radius 1 is 1.65 bits per heavy atom. The molecule has 0 bridgehead atoms. The van der Waals surface area contributed by atoms with E-state index in [-0.39, 0.29) is 18.6 Å². The average molecular weight is 237 g/mol. The zero-order chi connectivity index (χ0) is 12.4. The summed E-state index contributed by atoms with van der Waals surface area (Å²) in [5.74, 6) is -0.0206. The highest BCUT2D eigenvalue weighted by Gasteiger charge is 2.33. The van der Waals surface area contributed by atoms with Gasteiger partial charge in [-0.25, -0.2) is 0 Å². The van der Waals surface area contributed by atoms with Crippen LogP contribution in [0.15, 0.2) is 12.3 Å². The number of carbonyl (C=O) groups is 1. The number of aliphatic hydroxyl groups is 1. The van der Waals surface area contributed by atoms with Crippen LogP contribution in [-0.4, -0.2) is 44.9 Å². The molecule has 5 heteroatoms. The molecule has 0 aliphatic heterocycles. The van der Waals surface area contributed by atoms with E-state index in [1.165, 1.54) is 0 Å². The number of amides is 1. The fourth-order valence-electron chi connectivity index (χ4n) is 1.99. The maximum Gasteiger partial charge on any atom is 0.272 e. The van der Waals surface area contributed by atoms with Crippen LogP contribution >= 0.6 is 0 Å². The Hall–Kier alpha value is -1.36. The molecule has 1 aromatic rings. The lowest BCUT2D eigenvalue weighted by Gasteiger charge is -2.22. The van der Waals surface area contributed by atoms with Gasteiger partial charge < -0.3 is 10.0 Å². The van der Waals surface area contributed by atoms with Gasteiger partial charge >= 0.3 is 0 Å². The van der Waals surface area contributed by atoms with E-state index < -0.39 is 0 Å². The summed E-state index contributed by atoms with van der Waals surface area (Å²) in [6.07, 6.45) is 3.74. The quantitative estimate of drug-likeness (QED) is 0.833. The van der Waals surface area contributed by atoms with Crippen molar-refractivity contribution in [1.82, 2.24) is 14.7 Å². The second kappa shape index (κ2) is 4.87. The van der Waals surface area contributed by atoms with Crippen LogP contribution in [0.2, 0.25) is 0 Å². The van der Waals surface area contributed by atoms with Gasteiger partial charge in [0.1, 0.15) is 5.69 Å². The number of aromatic nitrogens is 2. The van der Waals surface area contributed by atoms with E-state index >= 15 is 0 Å². The molecule has 2 rings (SSSR count). The first kappa shape index (κ1) is 12.1. The summed E-state index contributed by atoms with van der Waals surface area (Å²) < 4.78 is 1.73. The molecule has 0 unspecified atom stereocenters. The van der Waals surface area contributed by atoms with Crippen molar-refractivity contribution in [2.45, 2.75) is 38.8 Å². The average Bonchev–Trinajstić information content (AvgIpc) is 3.00. The minimum absolute atomic E-state index is 0.0120. The summed E-state index contributed by atoms with van der Waals surface area (Å²) in [5, 5.41) is 13.2. The predicted octanol–water partition coefficient (Wildman–Crippen LogP) is 1.06. The highest BCUT2D eigenvalue weighted by atomic mass is 16.3. The van der Waals surface area contributed by atoms with E-state index in [4.69, 9.17) is 5.11 Å². The van der Waals surface area contributed by atoms with Crippen LogP contribution in [0.25, 0.3) is 0 Å². The number of nitrogens with zero attached hydrogens (tertiary/aromatic N) is 3. The van der Waals surface area contributed by atoms with Gasteiger partial charge in [0, 0.05) is 24.8 Å². The lowest BCUT2D eigenvalue weighted by atomic mass is 10.3. The summed E-state index contributed by atoms with van der Waals surface area (Å²) in [4.78, 5) is 14.1. The van der Waals surface area contributed by atoms with Gasteiger partial charge in [0.05, 0.1) is 6.61 Å². The smallest absolute Gasteiger partial charge is 0.272 e. The summed E-state index contributed by atoms with van der Waals surface area (Å²) in [6.45, 7) is 4.42. The van der Waals surface area contributed by atoms with E-state index in [0.717, 1.165) is 12.8 Å². The molecule has 1 aliphatic carbocycles. The van der Waals surface area contributed by atoms with Gasteiger partial charge in [-0.05, 0) is 32.8 Å². The van der Waals surface area contributed by atoms with Crippen LogP contribution in [0, 0.1) is 0 Å². The minimum atomic E-state index is -0.0206. The Morgan fingerprint density at radius 2 is 2.35 bits per heavy atom. The molecule has 0 spiro atoms. The van der Waals surface area contributed by atoms with Crippen LogP contribution in [0.3, 0.4) is 0 Å². The Labute approximate surface area is 101 Å². The Morgan fingerprint density at radius 3 is 2.88 bits per heavy atom. The summed E-state index contributed by atoms with van der Waals surface area (Å²) in [5.41, 5.74) is 0.611. The number of rotatable bonds is 5. The molecule has 1 amide bonds. The van der Waals surface area contributed by atoms with E-state index in [1.807, 2.05) is 13.8 Å². The SMILES string of the molecule is CC(C)n1nccc1C(=O)N(CCO)C1CC1. The van der Waals surface area contributed by atoms with Crippen molar-refractivity contribution in [3.05, 3.63) is 18.0 Å².